The van der Waals surface area contributed by atoms with E-state index in [-0.39, 0.29) is 9.37 Å². The SMILES string of the molecule is CON(C)S(=O)(=O)c1ccc(Br)c(F)c1. The third-order valence-electron chi connectivity index (χ3n) is 1.78. The van der Waals surface area contributed by atoms with E-state index in [1.54, 1.807) is 0 Å². The van der Waals surface area contributed by atoms with Crippen molar-refractivity contribution in [3.63, 3.8) is 0 Å². The lowest BCUT2D eigenvalue weighted by molar-refractivity contribution is -0.0258. The second kappa shape index (κ2) is 4.56. The summed E-state index contributed by atoms with van der Waals surface area (Å²) in [7, 11) is -1.33. The number of halogens is 2. The number of hydrogen-bond acceptors (Lipinski definition) is 3. The highest BCUT2D eigenvalue weighted by Gasteiger charge is 2.21. The summed E-state index contributed by atoms with van der Waals surface area (Å²) >= 11 is 2.94. The molecule has 0 N–H and O–H groups in total. The van der Waals surface area contributed by atoms with Crippen molar-refractivity contribution < 1.29 is 17.6 Å². The molecule has 0 aliphatic heterocycles. The Morgan fingerprint density at radius 3 is 2.53 bits per heavy atom. The highest BCUT2D eigenvalue weighted by atomic mass is 79.9. The monoisotopic (exact) mass is 297 g/mol. The Kier molecular flexibility index (Phi) is 3.82. The first-order valence-electron chi connectivity index (χ1n) is 3.87. The van der Waals surface area contributed by atoms with Crippen molar-refractivity contribution in [2.75, 3.05) is 14.2 Å². The predicted octanol–water partition coefficient (Wildman–Crippen LogP) is 1.77. The van der Waals surface area contributed by atoms with E-state index < -0.39 is 15.8 Å². The molecule has 0 saturated carbocycles. The van der Waals surface area contributed by atoms with Gasteiger partial charge in [0.15, 0.2) is 0 Å². The fraction of sp³-hybridized carbons (Fsp3) is 0.250. The fourth-order valence-electron chi connectivity index (χ4n) is 0.884. The van der Waals surface area contributed by atoms with Gasteiger partial charge in [0.1, 0.15) is 5.82 Å². The average molecular weight is 298 g/mol. The molecule has 0 saturated heterocycles. The lowest BCUT2D eigenvalue weighted by Crippen LogP contribution is -2.25. The zero-order valence-electron chi connectivity index (χ0n) is 8.07. The van der Waals surface area contributed by atoms with Crippen molar-refractivity contribution in [1.29, 1.82) is 0 Å². The Hall–Kier alpha value is -0.500. The first kappa shape index (κ1) is 12.6. The zero-order valence-corrected chi connectivity index (χ0v) is 10.5. The maximum atomic E-state index is 13.1. The van der Waals surface area contributed by atoms with E-state index in [2.05, 4.69) is 20.8 Å². The number of nitrogens with zero attached hydrogens (tertiary/aromatic N) is 1. The number of sulfonamides is 1. The summed E-state index contributed by atoms with van der Waals surface area (Å²) < 4.78 is 37.3. The van der Waals surface area contributed by atoms with E-state index in [1.165, 1.54) is 26.3 Å². The van der Waals surface area contributed by atoms with Gasteiger partial charge in [0.25, 0.3) is 10.0 Å². The minimum Gasteiger partial charge on any atom is -0.288 e. The third kappa shape index (κ3) is 2.54. The molecular formula is C8H9BrFNO3S. The minimum absolute atomic E-state index is 0.160. The summed E-state index contributed by atoms with van der Waals surface area (Å²) in [5.74, 6) is -0.638. The summed E-state index contributed by atoms with van der Waals surface area (Å²) in [6.07, 6.45) is 0. The van der Waals surface area contributed by atoms with Crippen LogP contribution in [0.4, 0.5) is 4.39 Å². The number of hydroxylamine groups is 1. The number of hydrogen-bond donors (Lipinski definition) is 0. The zero-order chi connectivity index (χ0) is 11.6. The van der Waals surface area contributed by atoms with Crippen molar-refractivity contribution in [1.82, 2.24) is 4.47 Å². The normalized spacial score (nSPS) is 12.1. The van der Waals surface area contributed by atoms with Crippen LogP contribution in [0.1, 0.15) is 0 Å². The molecule has 0 bridgehead atoms. The summed E-state index contributed by atoms with van der Waals surface area (Å²) in [5, 5.41) is 0. The molecule has 0 unspecified atom stereocenters. The van der Waals surface area contributed by atoms with Gasteiger partial charge in [-0.1, -0.05) is 4.47 Å². The molecule has 0 aromatic heterocycles. The van der Waals surface area contributed by atoms with Crippen LogP contribution in [0.5, 0.6) is 0 Å². The standard InChI is InChI=1S/C8H9BrFNO3S/c1-11(14-2)15(12,13)6-3-4-7(9)8(10)5-6/h3-5H,1-2H3. The van der Waals surface area contributed by atoms with Gasteiger partial charge < -0.3 is 0 Å². The maximum Gasteiger partial charge on any atom is 0.264 e. The lowest BCUT2D eigenvalue weighted by atomic mass is 10.3. The van der Waals surface area contributed by atoms with Gasteiger partial charge in [-0.3, -0.25) is 4.84 Å². The topological polar surface area (TPSA) is 46.6 Å². The van der Waals surface area contributed by atoms with Crippen molar-refractivity contribution in [3.05, 3.63) is 28.5 Å². The fourth-order valence-corrected chi connectivity index (χ4v) is 2.12. The summed E-state index contributed by atoms with van der Waals surface area (Å²) in [6.45, 7) is 0. The summed E-state index contributed by atoms with van der Waals surface area (Å²) in [6, 6.07) is 3.54. The molecule has 1 aromatic rings. The smallest absolute Gasteiger partial charge is 0.264 e. The third-order valence-corrected chi connectivity index (χ3v) is 4.10. The van der Waals surface area contributed by atoms with Gasteiger partial charge in [0, 0.05) is 7.05 Å². The molecule has 0 atom stereocenters. The highest BCUT2D eigenvalue weighted by molar-refractivity contribution is 9.10. The molecule has 0 heterocycles. The molecule has 0 aliphatic carbocycles. The predicted molar refractivity (Wildman–Crippen MR) is 56.1 cm³/mol. The molecule has 0 aliphatic rings. The van der Waals surface area contributed by atoms with Crippen molar-refractivity contribution in [3.8, 4) is 0 Å². The molecule has 0 radical (unpaired) electrons. The van der Waals surface area contributed by atoms with Gasteiger partial charge >= 0.3 is 0 Å². The van der Waals surface area contributed by atoms with Crippen LogP contribution in [0.3, 0.4) is 0 Å². The molecule has 15 heavy (non-hydrogen) atoms. The first-order chi connectivity index (χ1) is 6.89. The van der Waals surface area contributed by atoms with Crippen LogP contribution in [-0.2, 0) is 14.9 Å². The van der Waals surface area contributed by atoms with Crippen molar-refractivity contribution in [2.24, 2.45) is 0 Å². The van der Waals surface area contributed by atoms with E-state index in [9.17, 15) is 12.8 Å². The van der Waals surface area contributed by atoms with Gasteiger partial charge in [-0.2, -0.15) is 0 Å². The van der Waals surface area contributed by atoms with E-state index in [0.717, 1.165) is 6.07 Å². The van der Waals surface area contributed by atoms with Gasteiger partial charge in [0.2, 0.25) is 0 Å². The molecule has 4 nitrogen and oxygen atoms in total. The Morgan fingerprint density at radius 1 is 1.47 bits per heavy atom. The van der Waals surface area contributed by atoms with Crippen LogP contribution >= 0.6 is 15.9 Å². The van der Waals surface area contributed by atoms with E-state index >= 15 is 0 Å². The van der Waals surface area contributed by atoms with Gasteiger partial charge in [-0.15, -0.1) is 0 Å². The molecule has 7 heteroatoms. The first-order valence-corrected chi connectivity index (χ1v) is 6.11. The van der Waals surface area contributed by atoms with Crippen LogP contribution in [0.15, 0.2) is 27.6 Å². The molecule has 1 aromatic carbocycles. The molecule has 0 spiro atoms. The quantitative estimate of drug-likeness (QED) is 0.799. The summed E-state index contributed by atoms with van der Waals surface area (Å²) in [5.41, 5.74) is 0. The molecule has 0 amide bonds. The van der Waals surface area contributed by atoms with Crippen molar-refractivity contribution >= 4 is 26.0 Å². The molecule has 0 fully saturated rings. The van der Waals surface area contributed by atoms with Crippen LogP contribution in [-0.4, -0.2) is 27.0 Å². The Bertz CT molecular complexity index is 463. The summed E-state index contributed by atoms with van der Waals surface area (Å²) in [4.78, 5) is 4.39. The van der Waals surface area contributed by atoms with E-state index in [1.807, 2.05) is 0 Å². The van der Waals surface area contributed by atoms with E-state index in [0.29, 0.717) is 4.47 Å². The van der Waals surface area contributed by atoms with Crippen molar-refractivity contribution in [2.45, 2.75) is 4.90 Å². The van der Waals surface area contributed by atoms with Gasteiger partial charge in [0.05, 0.1) is 16.5 Å². The number of rotatable bonds is 3. The van der Waals surface area contributed by atoms with E-state index in [4.69, 9.17) is 0 Å². The van der Waals surface area contributed by atoms with Gasteiger partial charge in [-0.05, 0) is 34.1 Å². The minimum atomic E-state index is -3.78. The second-order valence-corrected chi connectivity index (χ2v) is 5.46. The average Bonchev–Trinajstić information content (AvgIpc) is 2.20. The molecule has 1 rings (SSSR count). The van der Waals surface area contributed by atoms with Crippen LogP contribution in [0, 0.1) is 5.82 Å². The molecule has 84 valence electrons. The van der Waals surface area contributed by atoms with Crippen LogP contribution < -0.4 is 0 Å². The van der Waals surface area contributed by atoms with Gasteiger partial charge in [-0.25, -0.2) is 12.8 Å². The second-order valence-electron chi connectivity index (χ2n) is 2.67. The lowest BCUT2D eigenvalue weighted by Gasteiger charge is -2.14. The Balaban J connectivity index is 3.23. The number of benzene rings is 1. The highest BCUT2D eigenvalue weighted by Crippen LogP contribution is 2.21. The molecular weight excluding hydrogens is 289 g/mol. The van der Waals surface area contributed by atoms with Crippen LogP contribution in [0.25, 0.3) is 0 Å². The van der Waals surface area contributed by atoms with Crippen LogP contribution in [0.2, 0.25) is 0 Å². The Morgan fingerprint density at radius 2 is 2.07 bits per heavy atom. The Labute approximate surface area is 95.8 Å². The maximum absolute atomic E-state index is 13.1. The largest absolute Gasteiger partial charge is 0.288 e.